The van der Waals surface area contributed by atoms with Crippen molar-refractivity contribution in [2.24, 2.45) is 5.92 Å². The van der Waals surface area contributed by atoms with Crippen LogP contribution in [0.3, 0.4) is 0 Å². The van der Waals surface area contributed by atoms with Crippen LogP contribution in [-0.2, 0) is 6.54 Å². The molecule has 1 aliphatic carbocycles. The summed E-state index contributed by atoms with van der Waals surface area (Å²) in [5.41, 5.74) is 2.51. The molecule has 0 atom stereocenters. The van der Waals surface area contributed by atoms with Crippen molar-refractivity contribution in [2.75, 3.05) is 19.6 Å². The summed E-state index contributed by atoms with van der Waals surface area (Å²) in [5, 5.41) is 4.69. The molecule has 1 saturated carbocycles. The maximum absolute atomic E-state index is 6.29. The largest absolute Gasteiger partial charge is 0.314 e. The number of hydrogen-bond donors (Lipinski definition) is 1. The van der Waals surface area contributed by atoms with Gasteiger partial charge in [-0.2, -0.15) is 0 Å². The summed E-state index contributed by atoms with van der Waals surface area (Å²) in [6.45, 7) is 4.51. The molecule has 0 bridgehead atoms. The lowest BCUT2D eigenvalue weighted by molar-refractivity contribution is 0.166. The molecular weight excluding hydrogens is 342 g/mol. The minimum atomic E-state index is 0.658. The zero-order valence-electron chi connectivity index (χ0n) is 15.3. The Labute approximate surface area is 161 Å². The number of benzene rings is 1. The molecule has 2 fully saturated rings. The van der Waals surface area contributed by atoms with E-state index >= 15 is 0 Å². The Kier molecular flexibility index (Phi) is 5.88. The van der Waals surface area contributed by atoms with Crippen LogP contribution < -0.4 is 5.32 Å². The fourth-order valence-electron chi connectivity index (χ4n) is 4.19. The van der Waals surface area contributed by atoms with Gasteiger partial charge in [-0.3, -0.25) is 9.88 Å². The minimum Gasteiger partial charge on any atom is -0.314 e. The van der Waals surface area contributed by atoms with Crippen molar-refractivity contribution in [1.82, 2.24) is 15.2 Å². The van der Waals surface area contributed by atoms with E-state index in [0.29, 0.717) is 12.0 Å². The third kappa shape index (κ3) is 4.46. The van der Waals surface area contributed by atoms with Gasteiger partial charge in [-0.15, -0.1) is 0 Å². The first-order valence-electron chi connectivity index (χ1n) is 9.88. The fourth-order valence-corrected chi connectivity index (χ4v) is 4.39. The van der Waals surface area contributed by atoms with Gasteiger partial charge in [0, 0.05) is 35.4 Å². The number of likely N-dealkylation sites (tertiary alicyclic amines) is 1. The molecule has 1 aromatic carbocycles. The number of halogens is 1. The van der Waals surface area contributed by atoms with Crippen molar-refractivity contribution >= 4 is 11.6 Å². The van der Waals surface area contributed by atoms with Gasteiger partial charge < -0.3 is 5.32 Å². The molecule has 1 aromatic heterocycles. The lowest BCUT2D eigenvalue weighted by Crippen LogP contribution is -2.44. The molecule has 1 saturated heterocycles. The van der Waals surface area contributed by atoms with E-state index in [1.807, 2.05) is 24.4 Å². The Balaban J connectivity index is 1.15. The highest BCUT2D eigenvalue weighted by molar-refractivity contribution is 6.31. The van der Waals surface area contributed by atoms with E-state index < -0.39 is 0 Å². The van der Waals surface area contributed by atoms with Crippen molar-refractivity contribution in [1.29, 1.82) is 0 Å². The van der Waals surface area contributed by atoms with Crippen LogP contribution in [0.1, 0.15) is 42.9 Å². The number of nitrogens with zero attached hydrogens (tertiary/aromatic N) is 2. The van der Waals surface area contributed by atoms with Crippen LogP contribution in [0, 0.1) is 5.92 Å². The zero-order chi connectivity index (χ0) is 17.8. The maximum Gasteiger partial charge on any atom is 0.0451 e. The van der Waals surface area contributed by atoms with Crippen molar-refractivity contribution < 1.29 is 0 Å². The molecule has 4 rings (SSSR count). The first-order valence-corrected chi connectivity index (χ1v) is 10.3. The van der Waals surface area contributed by atoms with E-state index in [2.05, 4.69) is 39.5 Å². The highest BCUT2D eigenvalue weighted by Gasteiger charge is 2.31. The first-order chi connectivity index (χ1) is 12.8. The molecule has 2 heterocycles. The topological polar surface area (TPSA) is 28.2 Å². The number of rotatable bonds is 6. The second-order valence-corrected chi connectivity index (χ2v) is 8.25. The number of nitrogens with one attached hydrogen (secondary N) is 1. The predicted octanol–water partition coefficient (Wildman–Crippen LogP) is 4.48. The summed E-state index contributed by atoms with van der Waals surface area (Å²) in [5.74, 6) is 1.47. The first kappa shape index (κ1) is 18.0. The Morgan fingerprint density at radius 2 is 1.81 bits per heavy atom. The zero-order valence-corrected chi connectivity index (χ0v) is 16.0. The van der Waals surface area contributed by atoms with Crippen LogP contribution in [0.4, 0.5) is 0 Å². The van der Waals surface area contributed by atoms with Gasteiger partial charge in [-0.25, -0.2) is 0 Å². The van der Waals surface area contributed by atoms with Gasteiger partial charge in [0.1, 0.15) is 0 Å². The monoisotopic (exact) mass is 369 g/mol. The van der Waals surface area contributed by atoms with Gasteiger partial charge in [0.05, 0.1) is 0 Å². The summed E-state index contributed by atoms with van der Waals surface area (Å²) in [7, 11) is 0. The van der Waals surface area contributed by atoms with Crippen molar-refractivity contribution in [3.05, 3.63) is 64.9 Å². The van der Waals surface area contributed by atoms with Gasteiger partial charge in [0.25, 0.3) is 0 Å². The van der Waals surface area contributed by atoms with E-state index in [4.69, 9.17) is 11.6 Å². The Morgan fingerprint density at radius 3 is 2.54 bits per heavy atom. The van der Waals surface area contributed by atoms with Crippen LogP contribution >= 0.6 is 11.6 Å². The van der Waals surface area contributed by atoms with Gasteiger partial charge >= 0.3 is 0 Å². The molecule has 1 N–H and O–H groups in total. The molecule has 3 nitrogen and oxygen atoms in total. The number of aromatic nitrogens is 1. The third-order valence-electron chi connectivity index (χ3n) is 6.00. The smallest absolute Gasteiger partial charge is 0.0451 e. The fraction of sp³-hybridized carbons (Fsp3) is 0.500. The second-order valence-electron chi connectivity index (χ2n) is 7.84. The van der Waals surface area contributed by atoms with Crippen LogP contribution in [0.5, 0.6) is 0 Å². The summed E-state index contributed by atoms with van der Waals surface area (Å²) in [4.78, 5) is 7.03. The van der Waals surface area contributed by atoms with Crippen molar-refractivity contribution in [2.45, 2.75) is 44.2 Å². The van der Waals surface area contributed by atoms with E-state index in [9.17, 15) is 0 Å². The lowest BCUT2D eigenvalue weighted by atomic mass is 9.77. The quantitative estimate of drug-likeness (QED) is 0.813. The van der Waals surface area contributed by atoms with Crippen LogP contribution in [0.2, 0.25) is 5.02 Å². The van der Waals surface area contributed by atoms with Gasteiger partial charge in [-0.1, -0.05) is 35.9 Å². The summed E-state index contributed by atoms with van der Waals surface area (Å²) in [6, 6.07) is 15.2. The molecule has 26 heavy (non-hydrogen) atoms. The molecule has 0 radical (unpaired) electrons. The predicted molar refractivity (Wildman–Crippen MR) is 107 cm³/mol. The Hall–Kier alpha value is -1.42. The highest BCUT2D eigenvalue weighted by atomic mass is 35.5. The summed E-state index contributed by atoms with van der Waals surface area (Å²) in [6.07, 6.45) is 6.96. The minimum absolute atomic E-state index is 0.658. The third-order valence-corrected chi connectivity index (χ3v) is 6.37. The molecule has 2 aliphatic rings. The molecular formula is C22H28ClN3. The van der Waals surface area contributed by atoms with E-state index in [-0.39, 0.29) is 0 Å². The number of hydrogen-bond acceptors (Lipinski definition) is 3. The Morgan fingerprint density at radius 1 is 1.04 bits per heavy atom. The lowest BCUT2D eigenvalue weighted by Gasteiger charge is -2.38. The molecule has 2 aromatic rings. The summed E-state index contributed by atoms with van der Waals surface area (Å²) >= 11 is 6.29. The van der Waals surface area contributed by atoms with Crippen molar-refractivity contribution in [3.8, 4) is 0 Å². The second kappa shape index (κ2) is 8.51. The normalized spacial score (nSPS) is 24.3. The maximum atomic E-state index is 6.29. The van der Waals surface area contributed by atoms with E-state index in [0.717, 1.165) is 17.5 Å². The average molecular weight is 370 g/mol. The summed E-state index contributed by atoms with van der Waals surface area (Å²) < 4.78 is 0. The number of pyridine rings is 1. The van der Waals surface area contributed by atoms with Crippen LogP contribution in [0.15, 0.2) is 48.7 Å². The van der Waals surface area contributed by atoms with Crippen LogP contribution in [0.25, 0.3) is 0 Å². The number of piperidine rings is 1. The van der Waals surface area contributed by atoms with E-state index in [1.54, 1.807) is 0 Å². The van der Waals surface area contributed by atoms with Crippen LogP contribution in [-0.4, -0.2) is 35.6 Å². The van der Waals surface area contributed by atoms with Crippen molar-refractivity contribution in [3.63, 3.8) is 0 Å². The Bertz CT molecular complexity index is 692. The molecule has 0 amide bonds. The average Bonchev–Trinajstić information content (AvgIpc) is 2.64. The molecule has 4 heteroatoms. The van der Waals surface area contributed by atoms with Gasteiger partial charge in [0.2, 0.25) is 0 Å². The highest BCUT2D eigenvalue weighted by Crippen LogP contribution is 2.35. The standard InChI is InChI=1S/C22H28ClN3/c23-21-6-2-1-5-18(21)16-26-11-8-17(9-12-26)15-25-20-13-19(14-20)22-7-3-4-10-24-22/h1-7,10,17,19-20,25H,8-9,11-16H2. The SMILES string of the molecule is Clc1ccccc1CN1CCC(CNC2CC(c3ccccn3)C2)CC1. The van der Waals surface area contributed by atoms with Gasteiger partial charge in [-0.05, 0) is 75.0 Å². The molecule has 1 aliphatic heterocycles. The molecule has 0 spiro atoms. The van der Waals surface area contributed by atoms with E-state index in [1.165, 1.54) is 56.6 Å². The van der Waals surface area contributed by atoms with Gasteiger partial charge in [0.15, 0.2) is 0 Å². The molecule has 138 valence electrons. The molecule has 0 unspecified atom stereocenters.